The van der Waals surface area contributed by atoms with Crippen LogP contribution >= 0.6 is 0 Å². The van der Waals surface area contributed by atoms with Gasteiger partial charge in [-0.1, -0.05) is 6.58 Å². The molecule has 1 N–H and O–H groups in total. The van der Waals surface area contributed by atoms with E-state index in [0.29, 0.717) is 43.7 Å². The van der Waals surface area contributed by atoms with Gasteiger partial charge in [0.25, 0.3) is 6.43 Å². The first-order valence-electron chi connectivity index (χ1n) is 7.31. The van der Waals surface area contributed by atoms with E-state index in [4.69, 9.17) is 0 Å². The minimum atomic E-state index is -2.32. The Kier molecular flexibility index (Phi) is 5.81. The molecular weight excluding hydrogens is 304 g/mol. The summed E-state index contributed by atoms with van der Waals surface area (Å²) in [6.07, 6.45) is -0.526. The molecule has 1 fully saturated rings. The summed E-state index contributed by atoms with van der Waals surface area (Å²) in [6.45, 7) is 5.49. The predicted molar refractivity (Wildman–Crippen MR) is 85.3 cm³/mol. The highest BCUT2D eigenvalue weighted by Gasteiger charge is 2.20. The van der Waals surface area contributed by atoms with Crippen LogP contribution in [-0.2, 0) is 4.79 Å². The van der Waals surface area contributed by atoms with Crippen LogP contribution in [0.3, 0.4) is 0 Å². The summed E-state index contributed by atoms with van der Waals surface area (Å²) in [5.41, 5.74) is 1.63. The van der Waals surface area contributed by atoms with Gasteiger partial charge >= 0.3 is 0 Å². The Hall–Kier alpha value is -2.28. The standard InChI is InChI=1S/C16H19F2N3O2/c1-2-16(23)19-14-9-13(4-3-12(14)11-22)21-7-5-20(6-8-21)10-15(17)18/h2-4,9,11,15H,1,5-8,10H2,(H,19,23). The van der Waals surface area contributed by atoms with Gasteiger partial charge in [-0.3, -0.25) is 14.5 Å². The van der Waals surface area contributed by atoms with Gasteiger partial charge in [0.2, 0.25) is 5.91 Å². The zero-order chi connectivity index (χ0) is 16.8. The van der Waals surface area contributed by atoms with Gasteiger partial charge in [0.1, 0.15) is 0 Å². The van der Waals surface area contributed by atoms with Gasteiger partial charge in [0, 0.05) is 37.4 Å². The van der Waals surface area contributed by atoms with Gasteiger partial charge in [-0.05, 0) is 24.3 Å². The van der Waals surface area contributed by atoms with E-state index in [1.807, 2.05) is 4.90 Å². The molecule has 1 heterocycles. The number of piperazine rings is 1. The molecule has 23 heavy (non-hydrogen) atoms. The number of anilines is 2. The number of nitrogens with zero attached hydrogens (tertiary/aromatic N) is 2. The molecule has 0 bridgehead atoms. The topological polar surface area (TPSA) is 52.7 Å². The van der Waals surface area contributed by atoms with Crippen molar-refractivity contribution < 1.29 is 18.4 Å². The Morgan fingerprint density at radius 3 is 2.57 bits per heavy atom. The third-order valence-corrected chi connectivity index (χ3v) is 3.74. The van der Waals surface area contributed by atoms with Crippen LogP contribution < -0.4 is 10.2 Å². The van der Waals surface area contributed by atoms with Crippen molar-refractivity contribution in [3.05, 3.63) is 36.4 Å². The number of alkyl halides is 2. The molecule has 1 amide bonds. The summed E-state index contributed by atoms with van der Waals surface area (Å²) < 4.78 is 24.8. The molecule has 1 aromatic rings. The number of benzene rings is 1. The van der Waals surface area contributed by atoms with Gasteiger partial charge in [-0.15, -0.1) is 0 Å². The van der Waals surface area contributed by atoms with Gasteiger partial charge < -0.3 is 10.2 Å². The summed E-state index contributed by atoms with van der Waals surface area (Å²) in [6, 6.07) is 5.14. The lowest BCUT2D eigenvalue weighted by atomic mass is 10.1. The van der Waals surface area contributed by atoms with Gasteiger partial charge in [0.15, 0.2) is 6.29 Å². The van der Waals surface area contributed by atoms with E-state index in [9.17, 15) is 18.4 Å². The third-order valence-electron chi connectivity index (χ3n) is 3.74. The maximum absolute atomic E-state index is 12.4. The molecule has 124 valence electrons. The lowest BCUT2D eigenvalue weighted by Gasteiger charge is -2.36. The molecule has 0 aromatic heterocycles. The number of aldehydes is 1. The van der Waals surface area contributed by atoms with Crippen molar-refractivity contribution in [3.8, 4) is 0 Å². The summed E-state index contributed by atoms with van der Waals surface area (Å²) in [4.78, 5) is 26.3. The number of amides is 1. The van der Waals surface area contributed by atoms with Gasteiger partial charge in [-0.25, -0.2) is 8.78 Å². The van der Waals surface area contributed by atoms with Crippen LogP contribution in [0.25, 0.3) is 0 Å². The second kappa shape index (κ2) is 7.82. The fourth-order valence-electron chi connectivity index (χ4n) is 2.52. The summed E-state index contributed by atoms with van der Waals surface area (Å²) in [5, 5.41) is 2.60. The quantitative estimate of drug-likeness (QED) is 0.643. The number of rotatable bonds is 6. The first kappa shape index (κ1) is 17.1. The molecule has 7 heteroatoms. The fourth-order valence-corrected chi connectivity index (χ4v) is 2.52. The van der Waals surface area contributed by atoms with Crippen molar-refractivity contribution >= 4 is 23.6 Å². The lowest BCUT2D eigenvalue weighted by Crippen LogP contribution is -2.47. The van der Waals surface area contributed by atoms with Crippen molar-refractivity contribution in [1.82, 2.24) is 4.90 Å². The Labute approximate surface area is 133 Å². The van der Waals surface area contributed by atoms with E-state index >= 15 is 0 Å². The van der Waals surface area contributed by atoms with Crippen LogP contribution in [0.1, 0.15) is 10.4 Å². The van der Waals surface area contributed by atoms with Crippen LogP contribution in [-0.4, -0.2) is 56.2 Å². The molecule has 2 rings (SSSR count). The molecule has 1 aliphatic heterocycles. The number of hydrogen-bond donors (Lipinski definition) is 1. The summed E-state index contributed by atoms with van der Waals surface area (Å²) in [7, 11) is 0. The number of carbonyl (C=O) groups is 2. The first-order valence-corrected chi connectivity index (χ1v) is 7.31. The smallest absolute Gasteiger partial charge is 0.251 e. The number of carbonyl (C=O) groups excluding carboxylic acids is 2. The molecule has 0 unspecified atom stereocenters. The molecule has 0 saturated carbocycles. The highest BCUT2D eigenvalue weighted by molar-refractivity contribution is 6.02. The summed E-state index contributed by atoms with van der Waals surface area (Å²) >= 11 is 0. The molecule has 5 nitrogen and oxygen atoms in total. The second-order valence-electron chi connectivity index (χ2n) is 5.26. The molecule has 1 aromatic carbocycles. The van der Waals surface area contributed by atoms with Crippen LogP contribution in [0.5, 0.6) is 0 Å². The van der Waals surface area contributed by atoms with Crippen molar-refractivity contribution in [3.63, 3.8) is 0 Å². The molecular formula is C16H19F2N3O2. The predicted octanol–water partition coefficient (Wildman–Crippen LogP) is 2.01. The van der Waals surface area contributed by atoms with Crippen LogP contribution in [0.2, 0.25) is 0 Å². The summed E-state index contributed by atoms with van der Waals surface area (Å²) in [5.74, 6) is -0.396. The first-order chi connectivity index (χ1) is 11.0. The Balaban J connectivity index is 2.08. The normalized spacial score (nSPS) is 15.5. The zero-order valence-corrected chi connectivity index (χ0v) is 12.7. The largest absolute Gasteiger partial charge is 0.369 e. The van der Waals surface area contributed by atoms with Crippen molar-refractivity contribution in [1.29, 1.82) is 0 Å². The van der Waals surface area contributed by atoms with Crippen molar-refractivity contribution in [2.45, 2.75) is 6.43 Å². The van der Waals surface area contributed by atoms with E-state index < -0.39 is 12.3 Å². The Morgan fingerprint density at radius 2 is 2.00 bits per heavy atom. The molecule has 0 spiro atoms. The van der Waals surface area contributed by atoms with E-state index in [1.165, 1.54) is 0 Å². The monoisotopic (exact) mass is 323 g/mol. The van der Waals surface area contributed by atoms with E-state index in [1.54, 1.807) is 23.1 Å². The third kappa shape index (κ3) is 4.59. The van der Waals surface area contributed by atoms with Crippen LogP contribution in [0, 0.1) is 0 Å². The van der Waals surface area contributed by atoms with Crippen molar-refractivity contribution in [2.24, 2.45) is 0 Å². The lowest BCUT2D eigenvalue weighted by molar-refractivity contribution is -0.111. The minimum Gasteiger partial charge on any atom is -0.369 e. The van der Waals surface area contributed by atoms with E-state index in [0.717, 1.165) is 11.8 Å². The SMILES string of the molecule is C=CC(=O)Nc1cc(N2CCN(CC(F)F)CC2)ccc1C=O. The highest BCUT2D eigenvalue weighted by Crippen LogP contribution is 2.24. The second-order valence-corrected chi connectivity index (χ2v) is 5.26. The van der Waals surface area contributed by atoms with Crippen molar-refractivity contribution in [2.75, 3.05) is 42.9 Å². The number of hydrogen-bond acceptors (Lipinski definition) is 4. The number of nitrogens with one attached hydrogen (secondary N) is 1. The Bertz CT molecular complexity index is 585. The van der Waals surface area contributed by atoms with Crippen LogP contribution in [0.15, 0.2) is 30.9 Å². The zero-order valence-electron chi connectivity index (χ0n) is 12.7. The molecule has 1 aliphatic rings. The minimum absolute atomic E-state index is 0.210. The average Bonchev–Trinajstić information content (AvgIpc) is 2.55. The molecule has 0 radical (unpaired) electrons. The van der Waals surface area contributed by atoms with Gasteiger partial charge in [-0.2, -0.15) is 0 Å². The van der Waals surface area contributed by atoms with Crippen LogP contribution in [0.4, 0.5) is 20.2 Å². The van der Waals surface area contributed by atoms with Gasteiger partial charge in [0.05, 0.1) is 12.2 Å². The van der Waals surface area contributed by atoms with E-state index in [-0.39, 0.29) is 6.54 Å². The molecule has 0 atom stereocenters. The highest BCUT2D eigenvalue weighted by atomic mass is 19.3. The Morgan fingerprint density at radius 1 is 1.30 bits per heavy atom. The maximum atomic E-state index is 12.4. The maximum Gasteiger partial charge on any atom is 0.251 e. The molecule has 0 aliphatic carbocycles. The molecule has 1 saturated heterocycles. The number of halogens is 2. The average molecular weight is 323 g/mol. The fraction of sp³-hybridized carbons (Fsp3) is 0.375. The van der Waals surface area contributed by atoms with E-state index in [2.05, 4.69) is 11.9 Å².